The fourth-order valence-electron chi connectivity index (χ4n) is 1.97. The number of carbonyl (C=O) groups excluding carboxylic acids is 1. The van der Waals surface area contributed by atoms with Gasteiger partial charge in [0.2, 0.25) is 0 Å². The van der Waals surface area contributed by atoms with Gasteiger partial charge in [0, 0.05) is 6.54 Å². The molecule has 1 unspecified atom stereocenters. The van der Waals surface area contributed by atoms with Crippen LogP contribution in [0.3, 0.4) is 0 Å². The first-order valence-corrected chi connectivity index (χ1v) is 7.43. The smallest absolute Gasteiger partial charge is 0.311 e. The minimum absolute atomic E-state index is 0. The molecule has 0 N–H and O–H groups in total. The summed E-state index contributed by atoms with van der Waals surface area (Å²) in [6, 6.07) is 0. The quantitative estimate of drug-likeness (QED) is 0.572. The van der Waals surface area contributed by atoms with Crippen molar-refractivity contribution in [2.75, 3.05) is 26.2 Å². The van der Waals surface area contributed by atoms with E-state index in [1.54, 1.807) is 0 Å². The van der Waals surface area contributed by atoms with Gasteiger partial charge in [0.05, 0.1) is 5.41 Å². The van der Waals surface area contributed by atoms with Gasteiger partial charge < -0.3 is 9.64 Å². The van der Waals surface area contributed by atoms with Gasteiger partial charge in [-0.15, -0.1) is 12.4 Å². The average Bonchev–Trinajstić information content (AvgIpc) is 2.40. The van der Waals surface area contributed by atoms with E-state index in [4.69, 9.17) is 4.74 Å². The van der Waals surface area contributed by atoms with Crippen molar-refractivity contribution >= 4 is 18.4 Å². The number of likely N-dealkylation sites (N-methyl/N-ethyl adjacent to an activating group) is 1. The Balaban J connectivity index is 0. The molecule has 0 rings (SSSR count). The first-order valence-electron chi connectivity index (χ1n) is 7.43. The van der Waals surface area contributed by atoms with Crippen molar-refractivity contribution in [2.24, 2.45) is 5.41 Å². The van der Waals surface area contributed by atoms with Crippen molar-refractivity contribution in [2.45, 2.75) is 60.3 Å². The van der Waals surface area contributed by atoms with Crippen molar-refractivity contribution in [1.82, 2.24) is 4.90 Å². The second-order valence-electron chi connectivity index (χ2n) is 5.18. The molecule has 0 spiro atoms. The Hall–Kier alpha value is -0.280. The minimum atomic E-state index is -0.292. The summed E-state index contributed by atoms with van der Waals surface area (Å²) in [4.78, 5) is 14.4. The number of esters is 1. The lowest BCUT2D eigenvalue weighted by molar-refractivity contribution is -0.156. The van der Waals surface area contributed by atoms with E-state index in [2.05, 4.69) is 32.6 Å². The van der Waals surface area contributed by atoms with E-state index in [0.29, 0.717) is 6.61 Å². The maximum atomic E-state index is 12.1. The van der Waals surface area contributed by atoms with Crippen LogP contribution in [0.1, 0.15) is 60.3 Å². The molecule has 0 radical (unpaired) electrons. The summed E-state index contributed by atoms with van der Waals surface area (Å²) in [5, 5.41) is 0. The number of hydrogen-bond donors (Lipinski definition) is 0. The van der Waals surface area contributed by atoms with Gasteiger partial charge in [-0.1, -0.05) is 40.5 Å². The molecular weight excluding hydrogens is 262 g/mol. The Morgan fingerprint density at radius 2 is 1.74 bits per heavy atom. The predicted molar refractivity (Wildman–Crippen MR) is 83.9 cm³/mol. The van der Waals surface area contributed by atoms with Gasteiger partial charge in [-0.3, -0.25) is 4.79 Å². The first-order chi connectivity index (χ1) is 8.53. The number of carbonyl (C=O) groups is 1. The van der Waals surface area contributed by atoms with E-state index in [0.717, 1.165) is 45.3 Å². The lowest BCUT2D eigenvalue weighted by Crippen LogP contribution is -2.33. The average molecular weight is 294 g/mol. The van der Waals surface area contributed by atoms with Gasteiger partial charge in [-0.05, 0) is 32.9 Å². The number of ether oxygens (including phenoxy) is 1. The zero-order valence-electron chi connectivity index (χ0n) is 13.3. The number of halogens is 1. The highest BCUT2D eigenvalue weighted by molar-refractivity contribution is 5.85. The fraction of sp³-hybridized carbons (Fsp3) is 0.933. The third-order valence-electron chi connectivity index (χ3n) is 3.89. The van der Waals surface area contributed by atoms with Crippen LogP contribution < -0.4 is 0 Å². The van der Waals surface area contributed by atoms with E-state index in [9.17, 15) is 4.79 Å². The fourth-order valence-corrected chi connectivity index (χ4v) is 1.97. The molecule has 0 amide bonds. The zero-order valence-corrected chi connectivity index (χ0v) is 14.1. The number of hydrogen-bond acceptors (Lipinski definition) is 3. The Kier molecular flexibility index (Phi) is 12.8. The van der Waals surface area contributed by atoms with Crippen LogP contribution in [0.25, 0.3) is 0 Å². The third kappa shape index (κ3) is 7.78. The maximum Gasteiger partial charge on any atom is 0.311 e. The second-order valence-corrected chi connectivity index (χ2v) is 5.18. The highest BCUT2D eigenvalue weighted by atomic mass is 35.5. The summed E-state index contributed by atoms with van der Waals surface area (Å²) in [5.74, 6) is -0.0226. The summed E-state index contributed by atoms with van der Waals surface area (Å²) in [6.07, 6.45) is 4.01. The lowest BCUT2D eigenvalue weighted by Gasteiger charge is -2.26. The van der Waals surface area contributed by atoms with Gasteiger partial charge in [-0.2, -0.15) is 0 Å². The predicted octanol–water partition coefficient (Wildman–Crippen LogP) is 3.90. The van der Waals surface area contributed by atoms with Crippen LogP contribution in [-0.4, -0.2) is 37.1 Å². The zero-order chi connectivity index (χ0) is 14.0. The van der Waals surface area contributed by atoms with Crippen LogP contribution >= 0.6 is 12.4 Å². The van der Waals surface area contributed by atoms with E-state index in [1.165, 1.54) is 0 Å². The molecule has 0 saturated carbocycles. The molecule has 0 aliphatic carbocycles. The molecule has 0 fully saturated rings. The number of unbranched alkanes of at least 4 members (excludes halogenated alkanes) is 1. The normalized spacial score (nSPS) is 13.8. The van der Waals surface area contributed by atoms with Crippen molar-refractivity contribution in [3.8, 4) is 0 Å². The summed E-state index contributed by atoms with van der Waals surface area (Å²) in [7, 11) is 0. The van der Waals surface area contributed by atoms with E-state index in [1.807, 2.05) is 6.92 Å². The van der Waals surface area contributed by atoms with Gasteiger partial charge in [0.25, 0.3) is 0 Å². The largest absolute Gasteiger partial charge is 0.464 e. The maximum absolute atomic E-state index is 12.1. The van der Waals surface area contributed by atoms with Gasteiger partial charge >= 0.3 is 5.97 Å². The molecule has 1 atom stereocenters. The molecule has 0 aliphatic rings. The van der Waals surface area contributed by atoms with Crippen LogP contribution in [0, 0.1) is 5.41 Å². The summed E-state index contributed by atoms with van der Waals surface area (Å²) in [5.41, 5.74) is -0.292. The Labute approximate surface area is 125 Å². The van der Waals surface area contributed by atoms with Gasteiger partial charge in [0.15, 0.2) is 0 Å². The second kappa shape index (κ2) is 11.5. The highest BCUT2D eigenvalue weighted by Crippen LogP contribution is 2.29. The van der Waals surface area contributed by atoms with Crippen LogP contribution in [0.2, 0.25) is 0 Å². The summed E-state index contributed by atoms with van der Waals surface area (Å²) in [6.45, 7) is 13.9. The van der Waals surface area contributed by atoms with Gasteiger partial charge in [0.1, 0.15) is 6.61 Å². The van der Waals surface area contributed by atoms with E-state index < -0.39 is 0 Å². The molecule has 0 aliphatic heterocycles. The molecule has 0 aromatic carbocycles. The highest BCUT2D eigenvalue weighted by Gasteiger charge is 2.32. The van der Waals surface area contributed by atoms with Crippen LogP contribution in [0.15, 0.2) is 0 Å². The SMILES string of the molecule is CCCCC(C)(CC)C(=O)OCCN(CC)CC.Cl. The molecule has 4 heteroatoms. The minimum Gasteiger partial charge on any atom is -0.464 e. The standard InChI is InChI=1S/C15H31NO2.ClH/c1-6-10-11-15(5,7-2)14(17)18-13-12-16(8-3)9-4;/h6-13H2,1-5H3;1H. The molecule has 0 aromatic heterocycles. The number of rotatable bonds is 10. The van der Waals surface area contributed by atoms with E-state index >= 15 is 0 Å². The first kappa shape index (κ1) is 21.0. The summed E-state index contributed by atoms with van der Waals surface area (Å²) >= 11 is 0. The number of nitrogens with zero attached hydrogens (tertiary/aromatic N) is 1. The molecule has 0 aromatic rings. The Morgan fingerprint density at radius 3 is 2.16 bits per heavy atom. The molecule has 0 bridgehead atoms. The Bertz CT molecular complexity index is 232. The third-order valence-corrected chi connectivity index (χ3v) is 3.89. The van der Waals surface area contributed by atoms with Crippen LogP contribution in [0.5, 0.6) is 0 Å². The van der Waals surface area contributed by atoms with Gasteiger partial charge in [-0.25, -0.2) is 0 Å². The topological polar surface area (TPSA) is 29.5 Å². The van der Waals surface area contributed by atoms with Crippen LogP contribution in [0.4, 0.5) is 0 Å². The molecule has 0 heterocycles. The van der Waals surface area contributed by atoms with E-state index in [-0.39, 0.29) is 23.8 Å². The van der Waals surface area contributed by atoms with Crippen molar-refractivity contribution in [3.05, 3.63) is 0 Å². The lowest BCUT2D eigenvalue weighted by atomic mass is 9.82. The molecule has 3 nitrogen and oxygen atoms in total. The molecule has 0 saturated heterocycles. The van der Waals surface area contributed by atoms with Crippen molar-refractivity contribution in [1.29, 1.82) is 0 Å². The van der Waals surface area contributed by atoms with Crippen molar-refractivity contribution in [3.63, 3.8) is 0 Å². The van der Waals surface area contributed by atoms with Crippen LogP contribution in [-0.2, 0) is 9.53 Å². The molecule has 19 heavy (non-hydrogen) atoms. The molecular formula is C15H32ClNO2. The molecule has 116 valence electrons. The van der Waals surface area contributed by atoms with Crippen molar-refractivity contribution < 1.29 is 9.53 Å². The summed E-state index contributed by atoms with van der Waals surface area (Å²) < 4.78 is 5.45. The monoisotopic (exact) mass is 293 g/mol. The Morgan fingerprint density at radius 1 is 1.16 bits per heavy atom.